The average Bonchev–Trinajstić information content (AvgIpc) is 2.92. The zero-order valence-electron chi connectivity index (χ0n) is 12.7. The molecule has 0 bridgehead atoms. The maximum absolute atomic E-state index is 11.7. The number of amides is 1. The average molecular weight is 331 g/mol. The Morgan fingerprint density at radius 3 is 2.76 bits per heavy atom. The van der Waals surface area contributed by atoms with Crippen LogP contribution >= 0.6 is 23.2 Å². The number of carbonyl (C=O) groups excluding carboxylic acids is 1. The molecule has 3 atom stereocenters. The lowest BCUT2D eigenvalue weighted by Gasteiger charge is -2.45. The second kappa shape index (κ2) is 6.72. The van der Waals surface area contributed by atoms with Crippen LogP contribution in [0.2, 0.25) is 0 Å². The monoisotopic (exact) mass is 330 g/mol. The molecule has 0 aromatic carbocycles. The van der Waals surface area contributed by atoms with Crippen LogP contribution in [0.3, 0.4) is 0 Å². The van der Waals surface area contributed by atoms with Crippen molar-refractivity contribution in [1.29, 1.82) is 0 Å². The second-order valence-corrected chi connectivity index (χ2v) is 7.37. The predicted octanol–water partition coefficient (Wildman–Crippen LogP) is 3.17. The van der Waals surface area contributed by atoms with Gasteiger partial charge in [-0.2, -0.15) is 0 Å². The van der Waals surface area contributed by atoms with Gasteiger partial charge in [-0.25, -0.2) is 0 Å². The van der Waals surface area contributed by atoms with Gasteiger partial charge in [0.05, 0.1) is 5.38 Å². The van der Waals surface area contributed by atoms with E-state index in [1.54, 1.807) is 6.08 Å². The van der Waals surface area contributed by atoms with Gasteiger partial charge in [0.2, 0.25) is 5.91 Å². The summed E-state index contributed by atoms with van der Waals surface area (Å²) in [6.45, 7) is 6.24. The zero-order chi connectivity index (χ0) is 15.6. The van der Waals surface area contributed by atoms with E-state index in [1.807, 2.05) is 6.08 Å². The van der Waals surface area contributed by atoms with E-state index in [4.69, 9.17) is 28.9 Å². The van der Waals surface area contributed by atoms with Crippen molar-refractivity contribution in [3.8, 4) is 0 Å². The molecule has 21 heavy (non-hydrogen) atoms. The predicted molar refractivity (Wildman–Crippen MR) is 88.3 cm³/mol. The fourth-order valence-electron chi connectivity index (χ4n) is 3.48. The van der Waals surface area contributed by atoms with E-state index in [1.165, 1.54) is 0 Å². The molecule has 118 valence electrons. The largest absolute Gasteiger partial charge is 0.366 e. The van der Waals surface area contributed by atoms with Crippen molar-refractivity contribution in [1.82, 2.24) is 5.32 Å². The van der Waals surface area contributed by atoms with Crippen molar-refractivity contribution in [2.45, 2.75) is 38.5 Å². The molecule has 5 heteroatoms. The van der Waals surface area contributed by atoms with Crippen molar-refractivity contribution in [3.05, 3.63) is 22.8 Å². The molecular formula is C16H24Cl2N2O. The number of hydrogen-bond acceptors (Lipinski definition) is 2. The van der Waals surface area contributed by atoms with Crippen LogP contribution < -0.4 is 11.1 Å². The van der Waals surface area contributed by atoms with Gasteiger partial charge in [-0.1, -0.05) is 37.9 Å². The number of nitrogens with one attached hydrogen (secondary N) is 1. The Kier molecular flexibility index (Phi) is 5.39. The van der Waals surface area contributed by atoms with Gasteiger partial charge < -0.3 is 11.1 Å². The summed E-state index contributed by atoms with van der Waals surface area (Å²) in [7, 11) is 0. The van der Waals surface area contributed by atoms with Crippen LogP contribution in [0, 0.1) is 17.3 Å². The van der Waals surface area contributed by atoms with E-state index in [0.717, 1.165) is 37.4 Å². The topological polar surface area (TPSA) is 55.1 Å². The molecule has 1 heterocycles. The third-order valence-corrected chi connectivity index (χ3v) is 5.89. The molecule has 0 spiro atoms. The van der Waals surface area contributed by atoms with E-state index in [0.29, 0.717) is 17.4 Å². The first-order chi connectivity index (χ1) is 9.89. The quantitative estimate of drug-likeness (QED) is 0.760. The fourth-order valence-corrected chi connectivity index (χ4v) is 4.54. The number of alkyl halides is 1. The SMILES string of the molecule is CC(C)CCC1(C2CCNC2)C(Cl)=CC=C(C(N)=O)C1Cl. The van der Waals surface area contributed by atoms with Gasteiger partial charge in [0, 0.05) is 16.0 Å². The first-order valence-corrected chi connectivity index (χ1v) is 8.43. The summed E-state index contributed by atoms with van der Waals surface area (Å²) in [6, 6.07) is 0. The van der Waals surface area contributed by atoms with Crippen LogP contribution in [-0.4, -0.2) is 24.4 Å². The number of rotatable bonds is 5. The van der Waals surface area contributed by atoms with E-state index in [-0.39, 0.29) is 5.41 Å². The van der Waals surface area contributed by atoms with Gasteiger partial charge in [-0.15, -0.1) is 11.6 Å². The van der Waals surface area contributed by atoms with Crippen LogP contribution in [0.5, 0.6) is 0 Å². The summed E-state index contributed by atoms with van der Waals surface area (Å²) in [4.78, 5) is 11.7. The molecule has 0 saturated carbocycles. The highest BCUT2D eigenvalue weighted by Gasteiger charge is 2.50. The molecule has 3 N–H and O–H groups in total. The molecule has 1 saturated heterocycles. The van der Waals surface area contributed by atoms with Crippen molar-refractivity contribution in [2.75, 3.05) is 13.1 Å². The number of hydrogen-bond donors (Lipinski definition) is 2. The van der Waals surface area contributed by atoms with Gasteiger partial charge in [-0.05, 0) is 43.8 Å². The molecule has 1 aliphatic heterocycles. The molecule has 0 aromatic rings. The molecule has 2 rings (SSSR count). The normalized spacial score (nSPS) is 33.0. The summed E-state index contributed by atoms with van der Waals surface area (Å²) in [5.74, 6) is 0.452. The van der Waals surface area contributed by atoms with E-state index >= 15 is 0 Å². The van der Waals surface area contributed by atoms with Crippen LogP contribution in [0.4, 0.5) is 0 Å². The third-order valence-electron chi connectivity index (χ3n) is 4.79. The minimum absolute atomic E-state index is 0.338. The van der Waals surface area contributed by atoms with Gasteiger partial charge in [0.25, 0.3) is 0 Å². The number of carbonyl (C=O) groups is 1. The summed E-state index contributed by atoms with van der Waals surface area (Å²) >= 11 is 13.4. The Bertz CT molecular complexity index is 467. The van der Waals surface area contributed by atoms with Gasteiger partial charge in [0.15, 0.2) is 0 Å². The molecule has 1 amide bonds. The van der Waals surface area contributed by atoms with Crippen molar-refractivity contribution >= 4 is 29.1 Å². The minimum Gasteiger partial charge on any atom is -0.366 e. The smallest absolute Gasteiger partial charge is 0.246 e. The molecule has 0 radical (unpaired) electrons. The van der Waals surface area contributed by atoms with Crippen LogP contribution in [-0.2, 0) is 4.79 Å². The Hall–Kier alpha value is -0.510. The number of allylic oxidation sites excluding steroid dienone is 3. The standard InChI is InChI=1S/C16H24Cl2N2O/c1-10(2)5-7-16(11-6-8-20-9-11)13(17)4-3-12(14(16)18)15(19)21/h3-4,10-11,14,20H,5-9H2,1-2H3,(H2,19,21). The van der Waals surface area contributed by atoms with E-state index < -0.39 is 11.3 Å². The molecule has 1 fully saturated rings. The summed E-state index contributed by atoms with van der Waals surface area (Å²) in [6.07, 6.45) is 6.43. The highest BCUT2D eigenvalue weighted by molar-refractivity contribution is 6.33. The first kappa shape index (κ1) is 16.9. The van der Waals surface area contributed by atoms with Gasteiger partial charge >= 0.3 is 0 Å². The molecule has 2 aliphatic rings. The Morgan fingerprint density at radius 2 is 2.24 bits per heavy atom. The number of nitrogens with two attached hydrogens (primary N) is 1. The Balaban J connectivity index is 2.40. The van der Waals surface area contributed by atoms with Gasteiger partial charge in [0.1, 0.15) is 0 Å². The maximum Gasteiger partial charge on any atom is 0.246 e. The summed E-state index contributed by atoms with van der Waals surface area (Å²) in [5, 5.41) is 3.70. The molecule has 3 unspecified atom stereocenters. The zero-order valence-corrected chi connectivity index (χ0v) is 14.2. The Morgan fingerprint density at radius 1 is 1.52 bits per heavy atom. The maximum atomic E-state index is 11.7. The lowest BCUT2D eigenvalue weighted by molar-refractivity contribution is -0.115. The second-order valence-electron chi connectivity index (χ2n) is 6.53. The lowest BCUT2D eigenvalue weighted by atomic mass is 9.64. The Labute approximate surface area is 136 Å². The van der Waals surface area contributed by atoms with Gasteiger partial charge in [-0.3, -0.25) is 4.79 Å². The van der Waals surface area contributed by atoms with E-state index in [2.05, 4.69) is 19.2 Å². The third kappa shape index (κ3) is 3.15. The van der Waals surface area contributed by atoms with Crippen molar-refractivity contribution < 1.29 is 4.79 Å². The van der Waals surface area contributed by atoms with Crippen molar-refractivity contribution in [2.24, 2.45) is 23.0 Å². The molecular weight excluding hydrogens is 307 g/mol. The minimum atomic E-state index is -0.449. The molecule has 1 aliphatic carbocycles. The molecule has 0 aromatic heterocycles. The van der Waals surface area contributed by atoms with Crippen LogP contribution in [0.15, 0.2) is 22.8 Å². The summed E-state index contributed by atoms with van der Waals surface area (Å²) in [5.41, 5.74) is 5.60. The number of halogens is 2. The van der Waals surface area contributed by atoms with Crippen LogP contribution in [0.25, 0.3) is 0 Å². The molecule has 3 nitrogen and oxygen atoms in total. The number of primary amides is 1. The fraction of sp³-hybridized carbons (Fsp3) is 0.688. The highest BCUT2D eigenvalue weighted by Crippen LogP contribution is 2.53. The highest BCUT2D eigenvalue weighted by atomic mass is 35.5. The van der Waals surface area contributed by atoms with Crippen LogP contribution in [0.1, 0.15) is 33.1 Å². The lowest BCUT2D eigenvalue weighted by Crippen LogP contribution is -2.45. The van der Waals surface area contributed by atoms with E-state index in [9.17, 15) is 4.79 Å². The summed E-state index contributed by atoms with van der Waals surface area (Å²) < 4.78 is 0. The van der Waals surface area contributed by atoms with Crippen molar-refractivity contribution in [3.63, 3.8) is 0 Å². The first-order valence-electron chi connectivity index (χ1n) is 7.62.